The summed E-state index contributed by atoms with van der Waals surface area (Å²) in [4.78, 5) is 11.1. The second kappa shape index (κ2) is 4.17. The molecule has 0 aromatic heterocycles. The number of amides is 1. The van der Waals surface area contributed by atoms with Crippen LogP contribution in [0.15, 0.2) is 18.7 Å². The van der Waals surface area contributed by atoms with E-state index in [1.54, 1.807) is 13.0 Å². The number of nitrogens with one attached hydrogen (secondary N) is 1. The van der Waals surface area contributed by atoms with Gasteiger partial charge < -0.3 is 10.4 Å². The summed E-state index contributed by atoms with van der Waals surface area (Å²) in [5.41, 5.74) is 3.12. The molecule has 0 atom stereocenters. The van der Waals surface area contributed by atoms with Crippen molar-refractivity contribution >= 4 is 11.6 Å². The number of aryl methyl sites for hydroxylation is 1. The fraction of sp³-hybridized carbons (Fsp3) is 0.250. The number of benzene rings is 1. The van der Waals surface area contributed by atoms with Gasteiger partial charge in [-0.05, 0) is 49.6 Å². The van der Waals surface area contributed by atoms with E-state index in [0.29, 0.717) is 5.69 Å². The highest BCUT2D eigenvalue weighted by Gasteiger charge is 2.09. The molecule has 0 aliphatic carbocycles. The summed E-state index contributed by atoms with van der Waals surface area (Å²) >= 11 is 0. The van der Waals surface area contributed by atoms with E-state index >= 15 is 0 Å². The highest BCUT2D eigenvalue weighted by Crippen LogP contribution is 2.30. The number of hydrogen-bond donors (Lipinski definition) is 2. The van der Waals surface area contributed by atoms with Gasteiger partial charge in [-0.25, -0.2) is 0 Å². The first-order chi connectivity index (χ1) is 6.97. The molecule has 0 aliphatic heterocycles. The second-order valence-electron chi connectivity index (χ2n) is 3.53. The number of rotatable bonds is 2. The van der Waals surface area contributed by atoms with Gasteiger partial charge in [0.1, 0.15) is 5.75 Å². The van der Waals surface area contributed by atoms with Gasteiger partial charge >= 0.3 is 0 Å². The van der Waals surface area contributed by atoms with Gasteiger partial charge in [-0.15, -0.1) is 0 Å². The van der Waals surface area contributed by atoms with Crippen LogP contribution in [0.1, 0.15) is 16.7 Å². The van der Waals surface area contributed by atoms with E-state index in [4.69, 9.17) is 0 Å². The predicted octanol–water partition coefficient (Wildman–Crippen LogP) is 2.44. The molecule has 0 saturated heterocycles. The summed E-state index contributed by atoms with van der Waals surface area (Å²) in [6.45, 7) is 8.86. The third-order valence-electron chi connectivity index (χ3n) is 2.50. The smallest absolute Gasteiger partial charge is 0.247 e. The Morgan fingerprint density at radius 1 is 1.40 bits per heavy atom. The molecule has 0 aliphatic rings. The van der Waals surface area contributed by atoms with Crippen molar-refractivity contribution in [1.82, 2.24) is 0 Å². The summed E-state index contributed by atoms with van der Waals surface area (Å²) in [7, 11) is 0. The molecule has 15 heavy (non-hydrogen) atoms. The van der Waals surface area contributed by atoms with Crippen LogP contribution in [-0.4, -0.2) is 11.0 Å². The molecule has 80 valence electrons. The molecule has 0 unspecified atom stereocenters. The van der Waals surface area contributed by atoms with Gasteiger partial charge in [-0.3, -0.25) is 4.79 Å². The number of phenolic OH excluding ortho intramolecular Hbond substituents is 1. The molecule has 3 heteroatoms. The Kier molecular flexibility index (Phi) is 3.14. The van der Waals surface area contributed by atoms with Crippen LogP contribution >= 0.6 is 0 Å². The summed E-state index contributed by atoms with van der Waals surface area (Å²) in [5, 5.41) is 12.4. The third kappa shape index (κ3) is 2.18. The number of anilines is 1. The van der Waals surface area contributed by atoms with E-state index in [0.717, 1.165) is 16.7 Å². The van der Waals surface area contributed by atoms with Gasteiger partial charge in [0.2, 0.25) is 5.91 Å². The van der Waals surface area contributed by atoms with Crippen molar-refractivity contribution in [2.75, 3.05) is 5.32 Å². The minimum atomic E-state index is -0.248. The Hall–Kier alpha value is -1.77. The van der Waals surface area contributed by atoms with Crippen LogP contribution in [0.2, 0.25) is 0 Å². The minimum absolute atomic E-state index is 0.248. The van der Waals surface area contributed by atoms with E-state index in [-0.39, 0.29) is 11.7 Å². The van der Waals surface area contributed by atoms with Crippen LogP contribution in [0.4, 0.5) is 5.69 Å². The molecule has 0 heterocycles. The first-order valence-electron chi connectivity index (χ1n) is 4.70. The maximum atomic E-state index is 11.1. The quantitative estimate of drug-likeness (QED) is 0.575. The molecule has 1 aromatic carbocycles. The monoisotopic (exact) mass is 205 g/mol. The van der Waals surface area contributed by atoms with Crippen LogP contribution in [0, 0.1) is 20.8 Å². The number of carbonyl (C=O) groups is 1. The molecule has 0 spiro atoms. The molecular weight excluding hydrogens is 190 g/mol. The maximum absolute atomic E-state index is 11.1. The Labute approximate surface area is 89.4 Å². The van der Waals surface area contributed by atoms with Crippen molar-refractivity contribution in [3.8, 4) is 5.75 Å². The van der Waals surface area contributed by atoms with Gasteiger partial charge in [-0.1, -0.05) is 6.58 Å². The van der Waals surface area contributed by atoms with Gasteiger partial charge in [0.05, 0.1) is 0 Å². The first kappa shape index (κ1) is 11.3. The van der Waals surface area contributed by atoms with Gasteiger partial charge in [-0.2, -0.15) is 0 Å². The average molecular weight is 205 g/mol. The lowest BCUT2D eigenvalue weighted by molar-refractivity contribution is -0.111. The van der Waals surface area contributed by atoms with Crippen molar-refractivity contribution < 1.29 is 9.90 Å². The number of aromatic hydroxyl groups is 1. The molecule has 3 nitrogen and oxygen atoms in total. The fourth-order valence-electron chi connectivity index (χ4n) is 1.38. The standard InChI is InChI=1S/C12H15NO2/c1-5-11(14)13-10-6-7(2)12(15)9(4)8(10)3/h5-6,15H,1H2,2-4H3,(H,13,14). The topological polar surface area (TPSA) is 49.3 Å². The molecule has 2 N–H and O–H groups in total. The molecule has 0 radical (unpaired) electrons. The van der Waals surface area contributed by atoms with Crippen LogP contribution in [-0.2, 0) is 4.79 Å². The maximum Gasteiger partial charge on any atom is 0.247 e. The zero-order chi connectivity index (χ0) is 11.6. The van der Waals surface area contributed by atoms with Crippen LogP contribution in [0.5, 0.6) is 5.75 Å². The predicted molar refractivity (Wildman–Crippen MR) is 61.1 cm³/mol. The van der Waals surface area contributed by atoms with Crippen molar-refractivity contribution in [3.05, 3.63) is 35.4 Å². The Bertz CT molecular complexity index is 422. The third-order valence-corrected chi connectivity index (χ3v) is 2.50. The molecule has 0 fully saturated rings. The van der Waals surface area contributed by atoms with Gasteiger partial charge in [0.15, 0.2) is 0 Å². The van der Waals surface area contributed by atoms with Crippen LogP contribution in [0.3, 0.4) is 0 Å². The molecular formula is C12H15NO2. The Morgan fingerprint density at radius 2 is 2.00 bits per heavy atom. The molecule has 0 saturated carbocycles. The SMILES string of the molecule is C=CC(=O)Nc1cc(C)c(O)c(C)c1C. The number of carbonyl (C=O) groups excluding carboxylic acids is 1. The Morgan fingerprint density at radius 3 is 2.53 bits per heavy atom. The zero-order valence-electron chi connectivity index (χ0n) is 9.22. The van der Waals surface area contributed by atoms with Crippen molar-refractivity contribution in [2.45, 2.75) is 20.8 Å². The van der Waals surface area contributed by atoms with Gasteiger partial charge in [0, 0.05) is 5.69 Å². The highest BCUT2D eigenvalue weighted by atomic mass is 16.3. The molecule has 1 rings (SSSR count). The van der Waals surface area contributed by atoms with E-state index in [2.05, 4.69) is 11.9 Å². The highest BCUT2D eigenvalue weighted by molar-refractivity contribution is 5.99. The first-order valence-corrected chi connectivity index (χ1v) is 4.70. The lowest BCUT2D eigenvalue weighted by atomic mass is 10.0. The number of phenols is 1. The van der Waals surface area contributed by atoms with E-state index < -0.39 is 0 Å². The number of hydrogen-bond acceptors (Lipinski definition) is 2. The fourth-order valence-corrected chi connectivity index (χ4v) is 1.38. The van der Waals surface area contributed by atoms with Crippen molar-refractivity contribution in [2.24, 2.45) is 0 Å². The average Bonchev–Trinajstić information content (AvgIpc) is 2.22. The van der Waals surface area contributed by atoms with Gasteiger partial charge in [0.25, 0.3) is 0 Å². The normalized spacial score (nSPS) is 9.80. The lowest BCUT2D eigenvalue weighted by Gasteiger charge is -2.12. The molecule has 0 bridgehead atoms. The molecule has 1 aromatic rings. The van der Waals surface area contributed by atoms with Crippen LogP contribution in [0.25, 0.3) is 0 Å². The second-order valence-corrected chi connectivity index (χ2v) is 3.53. The van der Waals surface area contributed by atoms with E-state index in [1.807, 2.05) is 13.8 Å². The van der Waals surface area contributed by atoms with Crippen LogP contribution < -0.4 is 5.32 Å². The summed E-state index contributed by atoms with van der Waals surface area (Å²) < 4.78 is 0. The largest absolute Gasteiger partial charge is 0.507 e. The van der Waals surface area contributed by atoms with E-state index in [1.165, 1.54) is 6.08 Å². The van der Waals surface area contributed by atoms with Crippen molar-refractivity contribution in [1.29, 1.82) is 0 Å². The summed E-state index contributed by atoms with van der Waals surface area (Å²) in [6.07, 6.45) is 1.22. The zero-order valence-corrected chi connectivity index (χ0v) is 9.22. The summed E-state index contributed by atoms with van der Waals surface area (Å²) in [5.74, 6) is 0.0340. The van der Waals surface area contributed by atoms with Crippen molar-refractivity contribution in [3.63, 3.8) is 0 Å². The summed E-state index contributed by atoms with van der Waals surface area (Å²) in [6, 6.07) is 1.75. The van der Waals surface area contributed by atoms with E-state index in [9.17, 15) is 9.90 Å². The minimum Gasteiger partial charge on any atom is -0.507 e. The lowest BCUT2D eigenvalue weighted by Crippen LogP contribution is -2.09. The molecule has 1 amide bonds. The Balaban J connectivity index is 3.20.